The fourth-order valence-electron chi connectivity index (χ4n) is 1.56. The maximum atomic E-state index is 12.8. The summed E-state index contributed by atoms with van der Waals surface area (Å²) in [6.45, 7) is 0. The van der Waals surface area contributed by atoms with Gasteiger partial charge >= 0.3 is 6.18 Å². The van der Waals surface area contributed by atoms with E-state index in [0.29, 0.717) is 4.88 Å². The number of hydrogen-bond donors (Lipinski definition) is 1. The van der Waals surface area contributed by atoms with E-state index in [-0.39, 0.29) is 10.4 Å². The Morgan fingerprint density at radius 1 is 1.11 bits per heavy atom. The van der Waals surface area contributed by atoms with Crippen LogP contribution in [0.3, 0.4) is 0 Å². The van der Waals surface area contributed by atoms with Crippen molar-refractivity contribution in [2.75, 3.05) is 0 Å². The van der Waals surface area contributed by atoms with Gasteiger partial charge in [-0.3, -0.25) is 4.79 Å². The molecule has 18 heavy (non-hydrogen) atoms. The zero-order chi connectivity index (χ0) is 13.3. The van der Waals surface area contributed by atoms with Crippen LogP contribution < -0.4 is 5.73 Å². The molecule has 0 aliphatic heterocycles. The van der Waals surface area contributed by atoms with E-state index in [0.717, 1.165) is 17.4 Å². The lowest BCUT2D eigenvalue weighted by atomic mass is 10.1. The Kier molecular flexibility index (Phi) is 3.13. The first kappa shape index (κ1) is 12.6. The molecule has 1 aromatic carbocycles. The monoisotopic (exact) mass is 271 g/mol. The van der Waals surface area contributed by atoms with Crippen molar-refractivity contribution in [3.8, 4) is 10.4 Å². The van der Waals surface area contributed by atoms with Crippen LogP contribution in [-0.2, 0) is 6.18 Å². The number of benzene rings is 1. The Morgan fingerprint density at radius 3 is 2.33 bits per heavy atom. The molecule has 1 heterocycles. The quantitative estimate of drug-likeness (QED) is 0.892. The van der Waals surface area contributed by atoms with Crippen molar-refractivity contribution in [3.63, 3.8) is 0 Å². The summed E-state index contributed by atoms with van der Waals surface area (Å²) in [4.78, 5) is 11.5. The van der Waals surface area contributed by atoms with Gasteiger partial charge in [0.15, 0.2) is 0 Å². The summed E-state index contributed by atoms with van der Waals surface area (Å²) in [5.74, 6) is -0.643. The van der Waals surface area contributed by atoms with Crippen LogP contribution in [0.25, 0.3) is 10.4 Å². The molecule has 6 heteroatoms. The molecule has 0 spiro atoms. The maximum Gasteiger partial charge on any atom is 0.417 e. The van der Waals surface area contributed by atoms with Gasteiger partial charge in [0.25, 0.3) is 5.91 Å². The van der Waals surface area contributed by atoms with Crippen LogP contribution in [0.5, 0.6) is 0 Å². The molecule has 0 saturated heterocycles. The molecule has 0 aliphatic carbocycles. The van der Waals surface area contributed by atoms with Crippen LogP contribution >= 0.6 is 11.3 Å². The van der Waals surface area contributed by atoms with Crippen LogP contribution in [0.4, 0.5) is 13.2 Å². The van der Waals surface area contributed by atoms with Crippen LogP contribution in [0.2, 0.25) is 0 Å². The van der Waals surface area contributed by atoms with Gasteiger partial charge < -0.3 is 5.73 Å². The van der Waals surface area contributed by atoms with E-state index >= 15 is 0 Å². The molecular formula is C12H8F3NOS. The van der Waals surface area contributed by atoms with Gasteiger partial charge in [-0.05, 0) is 18.2 Å². The van der Waals surface area contributed by atoms with Gasteiger partial charge in [0.05, 0.1) is 10.4 Å². The largest absolute Gasteiger partial charge is 0.417 e. The highest BCUT2D eigenvalue weighted by molar-refractivity contribution is 7.17. The molecule has 0 fully saturated rings. The second kappa shape index (κ2) is 4.45. The maximum absolute atomic E-state index is 12.8. The number of carbonyl (C=O) groups excluding carboxylic acids is 1. The zero-order valence-corrected chi connectivity index (χ0v) is 9.81. The molecule has 0 aliphatic rings. The van der Waals surface area contributed by atoms with Gasteiger partial charge in [0.2, 0.25) is 0 Å². The predicted molar refractivity (Wildman–Crippen MR) is 63.3 cm³/mol. The van der Waals surface area contributed by atoms with Gasteiger partial charge in [-0.1, -0.05) is 18.2 Å². The van der Waals surface area contributed by atoms with E-state index < -0.39 is 17.6 Å². The summed E-state index contributed by atoms with van der Waals surface area (Å²) >= 11 is 0.950. The smallest absolute Gasteiger partial charge is 0.365 e. The van der Waals surface area contributed by atoms with Gasteiger partial charge in [0.1, 0.15) is 0 Å². The zero-order valence-electron chi connectivity index (χ0n) is 8.99. The van der Waals surface area contributed by atoms with Crippen LogP contribution in [0.15, 0.2) is 36.4 Å². The molecular weight excluding hydrogens is 263 g/mol. The van der Waals surface area contributed by atoms with Crippen LogP contribution in [0, 0.1) is 0 Å². The summed E-state index contributed by atoms with van der Waals surface area (Å²) in [6.07, 6.45) is -4.42. The summed E-state index contributed by atoms with van der Waals surface area (Å²) in [5.41, 5.74) is 4.42. The summed E-state index contributed by atoms with van der Waals surface area (Å²) in [6, 6.07) is 8.13. The topological polar surface area (TPSA) is 43.1 Å². The van der Waals surface area contributed by atoms with E-state index in [4.69, 9.17) is 5.73 Å². The minimum Gasteiger partial charge on any atom is -0.365 e. The van der Waals surface area contributed by atoms with Gasteiger partial charge in [-0.15, -0.1) is 11.3 Å². The molecule has 0 unspecified atom stereocenters. The number of amides is 1. The lowest BCUT2D eigenvalue weighted by molar-refractivity contribution is -0.137. The predicted octanol–water partition coefficient (Wildman–Crippen LogP) is 3.53. The minimum atomic E-state index is -4.42. The Morgan fingerprint density at radius 2 is 1.78 bits per heavy atom. The van der Waals surface area contributed by atoms with E-state index in [1.807, 2.05) is 0 Å². The molecule has 0 bridgehead atoms. The Hall–Kier alpha value is -1.82. The summed E-state index contributed by atoms with van der Waals surface area (Å²) < 4.78 is 38.4. The Balaban J connectivity index is 2.53. The first-order valence-corrected chi connectivity index (χ1v) is 5.77. The molecule has 1 amide bonds. The van der Waals surface area contributed by atoms with Gasteiger partial charge in [-0.25, -0.2) is 0 Å². The Bertz CT molecular complexity index is 589. The number of thiophene rings is 1. The second-order valence-electron chi connectivity index (χ2n) is 3.57. The normalized spacial score (nSPS) is 11.5. The number of hydrogen-bond acceptors (Lipinski definition) is 2. The molecule has 0 atom stereocenters. The highest BCUT2D eigenvalue weighted by Crippen LogP contribution is 2.39. The number of alkyl halides is 3. The van der Waals surface area contributed by atoms with Crippen molar-refractivity contribution < 1.29 is 18.0 Å². The molecule has 94 valence electrons. The third kappa shape index (κ3) is 2.38. The molecule has 2 nitrogen and oxygen atoms in total. The van der Waals surface area contributed by atoms with Crippen molar-refractivity contribution in [1.29, 1.82) is 0 Å². The highest BCUT2D eigenvalue weighted by Gasteiger charge is 2.33. The number of carbonyl (C=O) groups is 1. The minimum absolute atomic E-state index is 0.0579. The van der Waals surface area contributed by atoms with E-state index in [9.17, 15) is 18.0 Å². The standard InChI is InChI=1S/C12H8F3NOS/c13-12(14,15)8-4-2-1-3-7(8)9-5-6-10(18-9)11(16)17/h1-6H,(H2,16,17). The van der Waals surface area contributed by atoms with E-state index in [1.165, 1.54) is 30.3 Å². The number of primary amides is 1. The number of rotatable bonds is 2. The lowest BCUT2D eigenvalue weighted by Crippen LogP contribution is -2.08. The molecule has 2 rings (SSSR count). The first-order valence-electron chi connectivity index (χ1n) is 4.96. The van der Waals surface area contributed by atoms with Gasteiger partial charge in [0, 0.05) is 10.4 Å². The fraction of sp³-hybridized carbons (Fsp3) is 0.0833. The molecule has 2 aromatic rings. The Labute approximate surface area is 105 Å². The van der Waals surface area contributed by atoms with Crippen molar-refractivity contribution in [1.82, 2.24) is 0 Å². The lowest BCUT2D eigenvalue weighted by Gasteiger charge is -2.10. The van der Waals surface area contributed by atoms with Crippen molar-refractivity contribution >= 4 is 17.2 Å². The third-order valence-corrected chi connectivity index (χ3v) is 3.48. The first-order chi connectivity index (χ1) is 8.39. The number of nitrogens with two attached hydrogens (primary N) is 1. The molecule has 2 N–H and O–H groups in total. The van der Waals surface area contributed by atoms with Crippen LogP contribution in [0.1, 0.15) is 15.2 Å². The summed E-state index contributed by atoms with van der Waals surface area (Å²) in [5, 5.41) is 0. The van der Waals surface area contributed by atoms with Crippen molar-refractivity contribution in [2.24, 2.45) is 5.73 Å². The van der Waals surface area contributed by atoms with Gasteiger partial charge in [-0.2, -0.15) is 13.2 Å². The SMILES string of the molecule is NC(=O)c1ccc(-c2ccccc2C(F)(F)F)s1. The molecule has 0 saturated carbocycles. The third-order valence-electron chi connectivity index (χ3n) is 2.35. The van der Waals surface area contributed by atoms with E-state index in [1.54, 1.807) is 0 Å². The number of halogens is 3. The molecule has 0 radical (unpaired) electrons. The van der Waals surface area contributed by atoms with Crippen molar-refractivity contribution in [2.45, 2.75) is 6.18 Å². The highest BCUT2D eigenvalue weighted by atomic mass is 32.1. The van der Waals surface area contributed by atoms with Crippen molar-refractivity contribution in [3.05, 3.63) is 46.8 Å². The fourth-order valence-corrected chi connectivity index (χ4v) is 2.46. The average Bonchev–Trinajstić information content (AvgIpc) is 2.77. The van der Waals surface area contributed by atoms with Crippen LogP contribution in [-0.4, -0.2) is 5.91 Å². The second-order valence-corrected chi connectivity index (χ2v) is 4.66. The van der Waals surface area contributed by atoms with E-state index in [2.05, 4.69) is 0 Å². The average molecular weight is 271 g/mol. The summed E-state index contributed by atoms with van der Waals surface area (Å²) in [7, 11) is 0. The molecule has 1 aromatic heterocycles.